The number of aromatic hydroxyl groups is 2. The van der Waals surface area contributed by atoms with E-state index in [9.17, 15) is 24.6 Å². The number of carbonyl (C=O) groups is 3. The lowest BCUT2D eigenvalue weighted by Gasteiger charge is -2.56. The molecule has 3 rings (SSSR count). The van der Waals surface area contributed by atoms with Gasteiger partial charge < -0.3 is 14.9 Å². The monoisotopic (exact) mass is 494 g/mol. The highest BCUT2D eigenvalue weighted by Crippen LogP contribution is 2.56. The predicted octanol–water partition coefficient (Wildman–Crippen LogP) is 5.26. The van der Waals surface area contributed by atoms with Gasteiger partial charge in [-0.1, -0.05) is 18.2 Å². The number of ether oxygens (including phenoxy) is 1. The number of rotatable bonds is 6. The van der Waals surface area contributed by atoms with Crippen molar-refractivity contribution >= 4 is 40.6 Å². The van der Waals surface area contributed by atoms with E-state index in [1.165, 1.54) is 0 Å². The van der Waals surface area contributed by atoms with Gasteiger partial charge in [-0.3, -0.25) is 14.4 Å². The molecule has 1 aromatic carbocycles. The lowest BCUT2D eigenvalue weighted by Crippen LogP contribution is -2.72. The van der Waals surface area contributed by atoms with Crippen LogP contribution in [0.15, 0.2) is 35.9 Å². The molecular formula is C25H28Cl2O6. The van der Waals surface area contributed by atoms with Gasteiger partial charge in [-0.05, 0) is 52.2 Å². The maximum Gasteiger partial charge on any atom is 0.198 e. The molecule has 1 heterocycles. The molecule has 6 nitrogen and oxygen atoms in total. The van der Waals surface area contributed by atoms with Crippen LogP contribution in [-0.2, 0) is 9.53 Å². The molecule has 0 aromatic heterocycles. The van der Waals surface area contributed by atoms with Gasteiger partial charge >= 0.3 is 0 Å². The Hall–Kier alpha value is -2.15. The van der Waals surface area contributed by atoms with Crippen LogP contribution in [-0.4, -0.2) is 49.0 Å². The Morgan fingerprint density at radius 3 is 2.45 bits per heavy atom. The maximum atomic E-state index is 13.9. The molecule has 178 valence electrons. The minimum Gasteiger partial charge on any atom is -0.508 e. The van der Waals surface area contributed by atoms with Crippen molar-refractivity contribution in [1.82, 2.24) is 0 Å². The zero-order chi connectivity index (χ0) is 24.9. The summed E-state index contributed by atoms with van der Waals surface area (Å²) in [6.07, 6.45) is 2.35. The molecule has 8 heteroatoms. The average Bonchev–Trinajstić information content (AvgIpc) is 2.71. The van der Waals surface area contributed by atoms with Crippen LogP contribution in [0, 0.1) is 0 Å². The topological polar surface area (TPSA) is 101 Å². The third-order valence-electron chi connectivity index (χ3n) is 6.55. The van der Waals surface area contributed by atoms with Gasteiger partial charge in [0.05, 0.1) is 16.5 Å². The van der Waals surface area contributed by atoms with Crippen LogP contribution in [0.1, 0.15) is 74.1 Å². The second-order valence-corrected chi connectivity index (χ2v) is 10.7. The smallest absolute Gasteiger partial charge is 0.198 e. The number of halogens is 2. The van der Waals surface area contributed by atoms with E-state index in [4.69, 9.17) is 27.9 Å². The van der Waals surface area contributed by atoms with Crippen molar-refractivity contribution in [1.29, 1.82) is 0 Å². The van der Waals surface area contributed by atoms with Crippen molar-refractivity contribution in [3.05, 3.63) is 47.1 Å². The van der Waals surface area contributed by atoms with Crippen molar-refractivity contribution in [2.75, 3.05) is 0 Å². The molecule has 3 atom stereocenters. The number of fused-ring (bicyclic) bond motifs is 2. The summed E-state index contributed by atoms with van der Waals surface area (Å²) in [5.74, 6) is -2.24. The molecule has 1 fully saturated rings. The molecule has 0 amide bonds. The Balaban J connectivity index is 2.12. The molecule has 33 heavy (non-hydrogen) atoms. The molecule has 1 saturated heterocycles. The molecule has 1 aromatic rings. The molecule has 2 aliphatic rings. The summed E-state index contributed by atoms with van der Waals surface area (Å²) in [7, 11) is 0. The van der Waals surface area contributed by atoms with Crippen molar-refractivity contribution in [3.8, 4) is 11.5 Å². The summed E-state index contributed by atoms with van der Waals surface area (Å²) >= 11 is 13.5. The molecule has 0 radical (unpaired) electrons. The largest absolute Gasteiger partial charge is 0.508 e. The summed E-state index contributed by atoms with van der Waals surface area (Å²) in [5.41, 5.74) is -1.92. The third kappa shape index (κ3) is 4.13. The number of phenols is 2. The minimum absolute atomic E-state index is 0.0446. The van der Waals surface area contributed by atoms with E-state index in [2.05, 4.69) is 6.58 Å². The maximum absolute atomic E-state index is 13.9. The number of phenolic OH excluding ortho intramolecular Hbond substituents is 2. The first-order valence-corrected chi connectivity index (χ1v) is 11.5. The van der Waals surface area contributed by atoms with Crippen molar-refractivity contribution in [3.63, 3.8) is 0 Å². The fourth-order valence-electron chi connectivity index (χ4n) is 4.44. The highest BCUT2D eigenvalue weighted by Gasteiger charge is 2.70. The van der Waals surface area contributed by atoms with Gasteiger partial charge in [0.15, 0.2) is 23.0 Å². The summed E-state index contributed by atoms with van der Waals surface area (Å²) in [6.45, 7) is 10.6. The van der Waals surface area contributed by atoms with Crippen molar-refractivity contribution < 1.29 is 29.3 Å². The number of allylic oxidation sites excluding steroid dienone is 2. The molecule has 0 bridgehead atoms. The zero-order valence-corrected chi connectivity index (χ0v) is 20.6. The number of ketones is 3. The highest BCUT2D eigenvalue weighted by molar-refractivity contribution is 6.45. The normalized spacial score (nSPS) is 28.8. The van der Waals surface area contributed by atoms with Gasteiger partial charge in [0.1, 0.15) is 16.4 Å². The first kappa shape index (κ1) is 25.5. The van der Waals surface area contributed by atoms with Crippen LogP contribution in [0.25, 0.3) is 0 Å². The summed E-state index contributed by atoms with van der Waals surface area (Å²) in [4.78, 5) is 37.5. The van der Waals surface area contributed by atoms with E-state index < -0.39 is 38.8 Å². The van der Waals surface area contributed by atoms with Gasteiger partial charge in [0.25, 0.3) is 0 Å². The van der Waals surface area contributed by atoms with Crippen LogP contribution < -0.4 is 0 Å². The summed E-state index contributed by atoms with van der Waals surface area (Å²) in [5, 5.41) is 19.6. The molecule has 0 saturated carbocycles. The predicted molar refractivity (Wildman–Crippen MR) is 127 cm³/mol. The third-order valence-corrected chi connectivity index (χ3v) is 7.86. The van der Waals surface area contributed by atoms with Crippen LogP contribution in [0.3, 0.4) is 0 Å². The quantitative estimate of drug-likeness (QED) is 0.317. The van der Waals surface area contributed by atoms with Gasteiger partial charge in [-0.2, -0.15) is 0 Å². The van der Waals surface area contributed by atoms with E-state index in [1.54, 1.807) is 26.8 Å². The van der Waals surface area contributed by atoms with Crippen molar-refractivity contribution in [2.24, 2.45) is 0 Å². The molecule has 1 aliphatic carbocycles. The SMILES string of the molecule is C=C(C)C(=O)CCC(C)=CC[C@@]12OC(C)(C)[C@H](Cl)C[C@]1(Cl)C(=O)c1c(O)cc(O)cc1C2=O. The average molecular weight is 495 g/mol. The van der Waals surface area contributed by atoms with Crippen molar-refractivity contribution in [2.45, 2.75) is 74.8 Å². The standard InChI is InChI=1S/C25H28Cl2O6/c1-13(2)17(29)7-6-14(3)8-9-25-21(31)16-10-15(28)11-18(30)20(16)22(32)24(25,27)12-19(26)23(4,5)33-25/h8,10-11,19,28,30H,1,6-7,9,12H2,2-5H3/t19-,24+,25+/m1/s1. The lowest BCUT2D eigenvalue weighted by molar-refractivity contribution is -0.157. The Bertz CT molecular complexity index is 1090. The van der Waals surface area contributed by atoms with E-state index in [0.717, 1.165) is 17.7 Å². The number of carbonyl (C=O) groups excluding carboxylic acids is 3. The fraction of sp³-hybridized carbons (Fsp3) is 0.480. The van der Waals surface area contributed by atoms with E-state index in [-0.39, 0.29) is 41.9 Å². The van der Waals surface area contributed by atoms with Gasteiger partial charge in [0.2, 0.25) is 0 Å². The van der Waals surface area contributed by atoms with E-state index in [1.807, 2.05) is 6.92 Å². The molecule has 0 unspecified atom stereocenters. The zero-order valence-electron chi connectivity index (χ0n) is 19.1. The summed E-state index contributed by atoms with van der Waals surface area (Å²) in [6, 6.07) is 2.13. The Morgan fingerprint density at radius 1 is 1.21 bits per heavy atom. The van der Waals surface area contributed by atoms with Gasteiger partial charge in [0, 0.05) is 24.5 Å². The second-order valence-electron chi connectivity index (χ2n) is 9.51. The number of alkyl halides is 2. The van der Waals surface area contributed by atoms with Gasteiger partial charge in [-0.25, -0.2) is 0 Å². The Morgan fingerprint density at radius 2 is 1.85 bits per heavy atom. The fourth-order valence-corrected chi connectivity index (χ4v) is 5.24. The number of benzene rings is 1. The first-order chi connectivity index (χ1) is 15.2. The van der Waals surface area contributed by atoms with Crippen LogP contribution in [0.5, 0.6) is 11.5 Å². The Labute approximate surface area is 203 Å². The molecular weight excluding hydrogens is 467 g/mol. The van der Waals surface area contributed by atoms with Gasteiger partial charge in [-0.15, -0.1) is 23.2 Å². The number of Topliss-reactive ketones (excluding diaryl/α,β-unsaturated/α-hetero) is 3. The van der Waals surface area contributed by atoms with Crippen LogP contribution in [0.4, 0.5) is 0 Å². The second kappa shape index (κ2) is 8.57. The van der Waals surface area contributed by atoms with E-state index >= 15 is 0 Å². The Kier molecular flexibility index (Phi) is 6.61. The highest BCUT2D eigenvalue weighted by atomic mass is 35.5. The van der Waals surface area contributed by atoms with Crippen LogP contribution in [0.2, 0.25) is 0 Å². The number of hydrogen-bond acceptors (Lipinski definition) is 6. The summed E-state index contributed by atoms with van der Waals surface area (Å²) < 4.78 is 6.29. The lowest BCUT2D eigenvalue weighted by atomic mass is 9.63. The van der Waals surface area contributed by atoms with Crippen LogP contribution >= 0.6 is 23.2 Å². The molecule has 0 spiro atoms. The molecule has 2 N–H and O–H groups in total. The number of hydrogen-bond donors (Lipinski definition) is 2. The van der Waals surface area contributed by atoms with E-state index in [0.29, 0.717) is 12.0 Å². The minimum atomic E-state index is -1.86. The first-order valence-electron chi connectivity index (χ1n) is 10.7. The molecule has 1 aliphatic heterocycles.